The Bertz CT molecular complexity index is 2650. The summed E-state index contributed by atoms with van der Waals surface area (Å²) in [6.07, 6.45) is 2.22. The largest absolute Gasteiger partial charge is 0.501 e. The van der Waals surface area contributed by atoms with E-state index >= 15 is 0 Å². The molecule has 5 aromatic rings. The molecule has 2 aliphatic heterocycles. The average Bonchev–Trinajstić information content (AvgIpc) is 3.31. The number of carbonyl (C=O) groups is 1. The van der Waals surface area contributed by atoms with Crippen molar-refractivity contribution in [2.24, 2.45) is 5.92 Å². The molecule has 0 aromatic heterocycles. The molecule has 0 radical (unpaired) electrons. The number of hydrogen-bond donors (Lipinski definition) is 2. The van der Waals surface area contributed by atoms with Crippen LogP contribution in [0.1, 0.15) is 41.2 Å². The summed E-state index contributed by atoms with van der Waals surface area (Å²) >= 11 is 7.64. The minimum atomic E-state index is -6.06. The number of piperidine rings is 1. The second-order valence-corrected chi connectivity index (χ2v) is 21.7. The zero-order valence-electron chi connectivity index (χ0n) is 36.6. The number of ether oxygens (including phenoxy) is 1. The molecule has 2 heterocycles. The number of sulfone groups is 1. The topological polar surface area (TPSA) is 128 Å². The first-order chi connectivity index (χ1) is 31.5. The summed E-state index contributed by atoms with van der Waals surface area (Å²) < 4.78 is 103. The van der Waals surface area contributed by atoms with Crippen LogP contribution >= 0.6 is 23.4 Å². The first-order valence-corrected chi connectivity index (χ1v) is 26.0. The molecule has 0 spiro atoms. The van der Waals surface area contributed by atoms with E-state index in [1.807, 2.05) is 65.4 Å². The Morgan fingerprint density at radius 2 is 1.50 bits per heavy atom. The third kappa shape index (κ3) is 12.1. The lowest BCUT2D eigenvalue weighted by Crippen LogP contribution is -2.39. The monoisotopic (exact) mass is 983 g/mol. The molecule has 2 saturated heterocycles. The Hall–Kier alpha value is -4.62. The lowest BCUT2D eigenvalue weighted by Gasteiger charge is -2.40. The van der Waals surface area contributed by atoms with Gasteiger partial charge in [-0.1, -0.05) is 66.2 Å². The van der Waals surface area contributed by atoms with Crippen molar-refractivity contribution < 1.29 is 39.5 Å². The molecule has 2 fully saturated rings. The molecule has 0 aliphatic carbocycles. The number of halogens is 4. The Kier molecular flexibility index (Phi) is 16.1. The van der Waals surface area contributed by atoms with Gasteiger partial charge in [0, 0.05) is 71.7 Å². The summed E-state index contributed by atoms with van der Waals surface area (Å²) in [6, 6.07) is 34.1. The number of morpholine rings is 1. The maximum atomic E-state index is 14.2. The summed E-state index contributed by atoms with van der Waals surface area (Å²) in [4.78, 5) is 18.8. The molecular formula is C48H53ClF3N5O6S3. The zero-order valence-corrected chi connectivity index (χ0v) is 39.8. The molecule has 2 N–H and O–H groups in total. The van der Waals surface area contributed by atoms with Gasteiger partial charge < -0.3 is 19.9 Å². The molecule has 11 nitrogen and oxygen atoms in total. The number of hydrogen-bond acceptors (Lipinski definition) is 11. The van der Waals surface area contributed by atoms with E-state index in [2.05, 4.69) is 52.3 Å². The van der Waals surface area contributed by atoms with Crippen molar-refractivity contribution in [3.05, 3.63) is 137 Å². The minimum absolute atomic E-state index is 0.0101. The van der Waals surface area contributed by atoms with Crippen molar-refractivity contribution in [2.75, 3.05) is 76.0 Å². The quantitative estimate of drug-likeness (QED) is 0.0866. The predicted octanol–water partition coefficient (Wildman–Crippen LogP) is 9.23. The summed E-state index contributed by atoms with van der Waals surface area (Å²) in [5, 5.41) is 3.67. The smallest absolute Gasteiger partial charge is 0.380 e. The minimum Gasteiger partial charge on any atom is -0.380 e. The standard InChI is InChI=1S/C48H53ClF3N5O6S3/c1-55(2)46(43-11-7-6-10-42(43)34-12-16-37(49)17-13-34)35-22-26-57(27-23-35)39-18-14-36(15-19-39)47(58)54-66(61,62)41-20-21-44(45(32-41)65(59,60)48(50,51)52)53-38(24-25-56-28-30-63-31-29-56)33-64-40-8-4-3-5-9-40/h3-21,32,35,38,46,53H,22-31,33H2,1-2H3,(H,54,58). The van der Waals surface area contributed by atoms with Crippen molar-refractivity contribution in [2.45, 2.75) is 51.5 Å². The number of sulfonamides is 1. The van der Waals surface area contributed by atoms with Crippen LogP contribution in [0.2, 0.25) is 5.02 Å². The van der Waals surface area contributed by atoms with E-state index in [4.69, 9.17) is 16.3 Å². The highest BCUT2D eigenvalue weighted by Crippen LogP contribution is 2.41. The van der Waals surface area contributed by atoms with E-state index in [1.54, 1.807) is 12.1 Å². The summed E-state index contributed by atoms with van der Waals surface area (Å²) in [7, 11) is -6.73. The SMILES string of the molecule is CN(C)C(c1ccccc1-c1ccc(Cl)cc1)C1CCN(c2ccc(C(=O)NS(=O)(=O)c3ccc(NC(CCN4CCOCC4)CSc4ccccc4)c(S(=O)(=O)C(F)(F)F)c3)cc2)CC1. The molecule has 2 aliphatic rings. The first-order valence-electron chi connectivity index (χ1n) is 21.6. The molecule has 1 amide bonds. The number of amides is 1. The molecular weight excluding hydrogens is 931 g/mol. The van der Waals surface area contributed by atoms with Crippen LogP contribution < -0.4 is 14.9 Å². The van der Waals surface area contributed by atoms with Crippen LogP contribution in [0.5, 0.6) is 0 Å². The van der Waals surface area contributed by atoms with Gasteiger partial charge in [0.05, 0.1) is 23.8 Å². The van der Waals surface area contributed by atoms with Gasteiger partial charge in [-0.3, -0.25) is 9.69 Å². The Morgan fingerprint density at radius 1 is 0.848 bits per heavy atom. The van der Waals surface area contributed by atoms with Crippen molar-refractivity contribution in [3.63, 3.8) is 0 Å². The van der Waals surface area contributed by atoms with Crippen LogP contribution in [0, 0.1) is 5.92 Å². The fraction of sp³-hybridized carbons (Fsp3) is 0.354. The highest BCUT2D eigenvalue weighted by molar-refractivity contribution is 7.99. The molecule has 7 rings (SSSR count). The van der Waals surface area contributed by atoms with E-state index in [9.17, 15) is 34.8 Å². The number of benzene rings is 5. The highest BCUT2D eigenvalue weighted by Gasteiger charge is 2.48. The molecule has 5 aromatic carbocycles. The maximum absolute atomic E-state index is 14.2. The molecule has 18 heteroatoms. The van der Waals surface area contributed by atoms with E-state index in [0.717, 1.165) is 59.8 Å². The van der Waals surface area contributed by atoms with Crippen molar-refractivity contribution in [1.82, 2.24) is 14.5 Å². The van der Waals surface area contributed by atoms with Crippen LogP contribution in [0.4, 0.5) is 24.5 Å². The third-order valence-electron chi connectivity index (χ3n) is 12.0. The maximum Gasteiger partial charge on any atom is 0.501 e. The van der Waals surface area contributed by atoms with Crippen molar-refractivity contribution >= 4 is 60.5 Å². The third-order valence-corrected chi connectivity index (χ3v) is 16.3. The lowest BCUT2D eigenvalue weighted by molar-refractivity contribution is -0.0435. The predicted molar refractivity (Wildman–Crippen MR) is 255 cm³/mol. The van der Waals surface area contributed by atoms with Gasteiger partial charge in [0.1, 0.15) is 4.90 Å². The highest BCUT2D eigenvalue weighted by atomic mass is 35.5. The molecule has 66 heavy (non-hydrogen) atoms. The summed E-state index contributed by atoms with van der Waals surface area (Å²) in [5.74, 6) is -0.320. The van der Waals surface area contributed by atoms with Crippen LogP contribution in [-0.4, -0.2) is 110 Å². The van der Waals surface area contributed by atoms with Gasteiger partial charge in [0.25, 0.3) is 25.8 Å². The Balaban J connectivity index is 1.04. The molecule has 352 valence electrons. The summed E-state index contributed by atoms with van der Waals surface area (Å²) in [5.41, 5.74) is -1.84. The van der Waals surface area contributed by atoms with Gasteiger partial charge in [0.15, 0.2) is 0 Å². The number of nitrogens with zero attached hydrogens (tertiary/aromatic N) is 3. The Labute approximate surface area is 394 Å². The normalized spacial score (nSPS) is 16.5. The van der Waals surface area contributed by atoms with Crippen LogP contribution in [-0.2, 0) is 24.6 Å². The second kappa shape index (κ2) is 21.6. The van der Waals surface area contributed by atoms with Gasteiger partial charge in [-0.05, 0) is 123 Å². The van der Waals surface area contributed by atoms with Gasteiger partial charge in [-0.2, -0.15) is 13.2 Å². The van der Waals surface area contributed by atoms with E-state index < -0.39 is 52.8 Å². The van der Waals surface area contributed by atoms with E-state index in [-0.39, 0.29) is 11.6 Å². The number of nitrogens with one attached hydrogen (secondary N) is 2. The number of anilines is 2. The number of thioether (sulfide) groups is 1. The fourth-order valence-electron chi connectivity index (χ4n) is 8.57. The summed E-state index contributed by atoms with van der Waals surface area (Å²) in [6.45, 7) is 4.49. The number of alkyl halides is 3. The van der Waals surface area contributed by atoms with Crippen molar-refractivity contribution in [3.8, 4) is 11.1 Å². The average molecular weight is 985 g/mol. The molecule has 0 saturated carbocycles. The second-order valence-electron chi connectivity index (χ2n) is 16.6. The van der Waals surface area contributed by atoms with Crippen LogP contribution in [0.15, 0.2) is 136 Å². The van der Waals surface area contributed by atoms with Gasteiger partial charge in [-0.15, -0.1) is 11.8 Å². The van der Waals surface area contributed by atoms with E-state index in [1.165, 1.54) is 29.5 Å². The molecule has 2 atom stereocenters. The van der Waals surface area contributed by atoms with Gasteiger partial charge >= 0.3 is 5.51 Å². The Morgan fingerprint density at radius 3 is 2.15 bits per heavy atom. The van der Waals surface area contributed by atoms with E-state index in [0.29, 0.717) is 62.0 Å². The van der Waals surface area contributed by atoms with Crippen LogP contribution in [0.25, 0.3) is 11.1 Å². The molecule has 2 unspecified atom stereocenters. The molecule has 0 bridgehead atoms. The first kappa shape index (κ1) is 49.3. The van der Waals surface area contributed by atoms with Gasteiger partial charge in [-0.25, -0.2) is 21.6 Å². The van der Waals surface area contributed by atoms with Crippen LogP contribution in [0.3, 0.4) is 0 Å². The van der Waals surface area contributed by atoms with Crippen molar-refractivity contribution in [1.29, 1.82) is 0 Å². The van der Waals surface area contributed by atoms with Gasteiger partial charge in [0.2, 0.25) is 0 Å². The number of carbonyl (C=O) groups excluding carboxylic acids is 1. The number of rotatable bonds is 17. The lowest BCUT2D eigenvalue weighted by atomic mass is 9.81. The zero-order chi connectivity index (χ0) is 47.1. The fourth-order valence-corrected chi connectivity index (χ4v) is 11.7.